The Bertz CT molecular complexity index is 1520. The van der Waals surface area contributed by atoms with Gasteiger partial charge in [-0.2, -0.15) is 4.99 Å². The summed E-state index contributed by atoms with van der Waals surface area (Å²) in [6.45, 7) is 6.36. The van der Waals surface area contributed by atoms with Crippen LogP contribution in [0.25, 0.3) is 16.7 Å². The van der Waals surface area contributed by atoms with Gasteiger partial charge in [0.1, 0.15) is 17.2 Å². The number of hydrogen-bond acceptors (Lipinski definition) is 8. The molecule has 0 radical (unpaired) electrons. The number of rotatable bonds is 8. The van der Waals surface area contributed by atoms with E-state index in [9.17, 15) is 4.79 Å². The summed E-state index contributed by atoms with van der Waals surface area (Å²) in [4.78, 5) is 29.1. The fourth-order valence-electron chi connectivity index (χ4n) is 4.95. The number of nitrogens with zero attached hydrogens (tertiary/aromatic N) is 6. The van der Waals surface area contributed by atoms with E-state index in [0.717, 1.165) is 56.3 Å². The van der Waals surface area contributed by atoms with Gasteiger partial charge in [0.05, 0.1) is 32.5 Å². The highest BCUT2D eigenvalue weighted by molar-refractivity contribution is 5.96. The fraction of sp³-hybridized carbons (Fsp3) is 0.357. The summed E-state index contributed by atoms with van der Waals surface area (Å²) in [7, 11) is 1.60. The number of anilines is 1. The lowest BCUT2D eigenvalue weighted by atomic mass is 10.2. The van der Waals surface area contributed by atoms with Crippen LogP contribution in [0.5, 0.6) is 11.5 Å². The summed E-state index contributed by atoms with van der Waals surface area (Å²) in [5, 5.41) is 4.29. The lowest BCUT2D eigenvalue weighted by molar-refractivity contribution is 0.0357. The molecule has 39 heavy (non-hydrogen) atoms. The number of carbonyl (C=O) groups is 1. The number of aromatic nitrogens is 4. The van der Waals surface area contributed by atoms with Crippen LogP contribution >= 0.6 is 0 Å². The number of fused-ring (bicyclic) bond motifs is 3. The van der Waals surface area contributed by atoms with Crippen molar-refractivity contribution in [3.8, 4) is 17.3 Å². The Morgan fingerprint density at radius 3 is 2.74 bits per heavy atom. The van der Waals surface area contributed by atoms with Crippen LogP contribution < -0.4 is 20.4 Å². The Morgan fingerprint density at radius 1 is 1.13 bits per heavy atom. The zero-order valence-electron chi connectivity index (χ0n) is 21.9. The number of pyridine rings is 1. The Balaban J connectivity index is 1.28. The smallest absolute Gasteiger partial charge is 0.281 e. The molecule has 11 heteroatoms. The molecule has 3 aromatic heterocycles. The average Bonchev–Trinajstić information content (AvgIpc) is 3.69. The minimum Gasteiger partial charge on any atom is -0.491 e. The average molecular weight is 530 g/mol. The number of methoxy groups -OCH3 is 1. The molecule has 1 amide bonds. The summed E-state index contributed by atoms with van der Waals surface area (Å²) in [5.41, 5.74) is 1.29. The van der Waals surface area contributed by atoms with Gasteiger partial charge >= 0.3 is 0 Å². The van der Waals surface area contributed by atoms with Gasteiger partial charge in [0.25, 0.3) is 5.91 Å². The van der Waals surface area contributed by atoms with Crippen LogP contribution in [-0.2, 0) is 11.3 Å². The molecular formula is C28H31N7O4. The van der Waals surface area contributed by atoms with E-state index in [1.165, 1.54) is 6.20 Å². The number of amides is 1. The largest absolute Gasteiger partial charge is 0.491 e. The third-order valence-electron chi connectivity index (χ3n) is 6.95. The van der Waals surface area contributed by atoms with Gasteiger partial charge in [-0.3, -0.25) is 14.3 Å². The number of benzene rings is 1. The van der Waals surface area contributed by atoms with Crippen LogP contribution in [0.2, 0.25) is 0 Å². The van der Waals surface area contributed by atoms with Crippen molar-refractivity contribution < 1.29 is 19.0 Å². The molecular weight excluding hydrogens is 498 g/mol. The van der Waals surface area contributed by atoms with Crippen molar-refractivity contribution in [3.63, 3.8) is 0 Å². The SMILES string of the molecule is COc1c(OCCCN2CCOCC2)ccc2c3n(c(=NC(=O)c4ccc(-n5cccc5)nc4)nc12)CCN3. The number of nitrogens with one attached hydrogen (secondary N) is 1. The van der Waals surface area contributed by atoms with Crippen LogP contribution in [0, 0.1) is 0 Å². The van der Waals surface area contributed by atoms with Gasteiger partial charge in [0.2, 0.25) is 5.62 Å². The molecule has 11 nitrogen and oxygen atoms in total. The lowest BCUT2D eigenvalue weighted by Crippen LogP contribution is -2.37. The molecule has 0 unspecified atom stereocenters. The molecule has 4 aromatic rings. The van der Waals surface area contributed by atoms with Crippen LogP contribution in [0.1, 0.15) is 16.8 Å². The van der Waals surface area contributed by atoms with Gasteiger partial charge in [-0.25, -0.2) is 9.97 Å². The predicted octanol–water partition coefficient (Wildman–Crippen LogP) is 2.50. The molecule has 0 aliphatic carbocycles. The first-order chi connectivity index (χ1) is 19.2. The maximum atomic E-state index is 13.1. The van der Waals surface area contributed by atoms with E-state index >= 15 is 0 Å². The van der Waals surface area contributed by atoms with Gasteiger partial charge in [-0.1, -0.05) is 0 Å². The van der Waals surface area contributed by atoms with E-state index in [1.54, 1.807) is 19.2 Å². The molecule has 1 aromatic carbocycles. The molecule has 2 aliphatic rings. The Kier molecular flexibility index (Phi) is 7.24. The second-order valence-corrected chi connectivity index (χ2v) is 9.40. The van der Waals surface area contributed by atoms with Crippen molar-refractivity contribution >= 4 is 22.6 Å². The first-order valence-electron chi connectivity index (χ1n) is 13.2. The van der Waals surface area contributed by atoms with Gasteiger partial charge in [-0.15, -0.1) is 0 Å². The van der Waals surface area contributed by atoms with Gasteiger partial charge in [0, 0.05) is 56.7 Å². The van der Waals surface area contributed by atoms with Crippen molar-refractivity contribution in [2.45, 2.75) is 13.0 Å². The molecule has 1 fully saturated rings. The number of morpholine rings is 1. The molecule has 0 saturated carbocycles. The second kappa shape index (κ2) is 11.3. The molecule has 0 bridgehead atoms. The summed E-state index contributed by atoms with van der Waals surface area (Å²) in [6, 6.07) is 11.2. The zero-order chi connectivity index (χ0) is 26.6. The van der Waals surface area contributed by atoms with E-state index in [2.05, 4.69) is 20.2 Å². The fourth-order valence-corrected chi connectivity index (χ4v) is 4.95. The number of ether oxygens (including phenoxy) is 3. The maximum Gasteiger partial charge on any atom is 0.281 e. The van der Waals surface area contributed by atoms with Crippen molar-refractivity contribution in [1.29, 1.82) is 0 Å². The molecule has 1 saturated heterocycles. The Morgan fingerprint density at radius 2 is 1.97 bits per heavy atom. The standard InChI is InChI=1S/C28H31N7O4/c1-37-25-22(39-16-4-10-33-14-17-38-18-15-33)7-6-21-24(25)31-28(35-13-9-29-26(21)35)32-27(36)20-5-8-23(30-19-20)34-11-2-3-12-34/h2-3,5-8,11-12,19,29H,4,9-10,13-18H2,1H3. The molecule has 1 N–H and O–H groups in total. The highest BCUT2D eigenvalue weighted by Crippen LogP contribution is 2.37. The van der Waals surface area contributed by atoms with E-state index < -0.39 is 5.91 Å². The van der Waals surface area contributed by atoms with Crippen molar-refractivity contribution in [3.05, 3.63) is 66.2 Å². The summed E-state index contributed by atoms with van der Waals surface area (Å²) in [6.07, 6.45) is 6.22. The minimum atomic E-state index is -0.413. The Labute approximate surface area is 225 Å². The molecule has 0 atom stereocenters. The topological polar surface area (TPSA) is 108 Å². The van der Waals surface area contributed by atoms with E-state index in [1.807, 2.05) is 45.8 Å². The van der Waals surface area contributed by atoms with Crippen molar-refractivity contribution in [2.75, 3.05) is 58.4 Å². The van der Waals surface area contributed by atoms with Crippen LogP contribution in [0.15, 0.2) is 60.0 Å². The molecule has 2 aliphatic heterocycles. The third-order valence-corrected chi connectivity index (χ3v) is 6.95. The quantitative estimate of drug-likeness (QED) is 0.347. The minimum absolute atomic E-state index is 0.310. The van der Waals surface area contributed by atoms with E-state index in [0.29, 0.717) is 47.9 Å². The number of carbonyl (C=O) groups excluding carboxylic acids is 1. The van der Waals surface area contributed by atoms with E-state index in [4.69, 9.17) is 19.2 Å². The van der Waals surface area contributed by atoms with Crippen LogP contribution in [0.4, 0.5) is 5.82 Å². The molecule has 202 valence electrons. The highest BCUT2D eigenvalue weighted by Gasteiger charge is 2.21. The van der Waals surface area contributed by atoms with Gasteiger partial charge < -0.3 is 24.1 Å². The van der Waals surface area contributed by atoms with Crippen molar-refractivity contribution in [2.24, 2.45) is 4.99 Å². The first kappa shape index (κ1) is 25.1. The summed E-state index contributed by atoms with van der Waals surface area (Å²) in [5.74, 6) is 2.30. The van der Waals surface area contributed by atoms with Crippen LogP contribution in [0.3, 0.4) is 0 Å². The predicted molar refractivity (Wildman–Crippen MR) is 146 cm³/mol. The monoisotopic (exact) mass is 529 g/mol. The van der Waals surface area contributed by atoms with E-state index in [-0.39, 0.29) is 0 Å². The second-order valence-electron chi connectivity index (χ2n) is 9.40. The maximum absolute atomic E-state index is 13.1. The highest BCUT2D eigenvalue weighted by atomic mass is 16.5. The molecule has 6 rings (SSSR count). The summed E-state index contributed by atoms with van der Waals surface area (Å²) < 4.78 is 21.1. The molecule has 0 spiro atoms. The number of hydrogen-bond donors (Lipinski definition) is 1. The zero-order valence-corrected chi connectivity index (χ0v) is 21.9. The molecule has 5 heterocycles. The lowest BCUT2D eigenvalue weighted by Gasteiger charge is -2.26. The van der Waals surface area contributed by atoms with Crippen LogP contribution in [-0.4, -0.2) is 83.0 Å². The summed E-state index contributed by atoms with van der Waals surface area (Å²) >= 11 is 0. The van der Waals surface area contributed by atoms with Gasteiger partial charge in [-0.05, 0) is 42.8 Å². The van der Waals surface area contributed by atoms with Gasteiger partial charge in [0.15, 0.2) is 11.5 Å². The first-order valence-corrected chi connectivity index (χ1v) is 13.2. The Hall–Kier alpha value is -4.22. The third kappa shape index (κ3) is 5.23. The normalized spacial score (nSPS) is 15.8. The van der Waals surface area contributed by atoms with Crippen molar-refractivity contribution in [1.82, 2.24) is 24.0 Å².